The maximum Gasteiger partial charge on any atom is 0.252 e. The molecule has 0 bridgehead atoms. The SMILES string of the molecule is CN(C)CCCCNC(=O)c1ccc(F)cc1Br. The molecule has 100 valence electrons. The van der Waals surface area contributed by atoms with Gasteiger partial charge in [-0.15, -0.1) is 0 Å². The molecule has 1 aromatic carbocycles. The first-order valence-corrected chi connectivity index (χ1v) is 6.68. The van der Waals surface area contributed by atoms with Gasteiger partial charge in [-0.05, 0) is 67.6 Å². The zero-order valence-corrected chi connectivity index (χ0v) is 12.3. The molecule has 0 saturated carbocycles. The monoisotopic (exact) mass is 316 g/mol. The third kappa shape index (κ3) is 5.14. The number of rotatable bonds is 6. The van der Waals surface area contributed by atoms with E-state index in [0.29, 0.717) is 16.6 Å². The highest BCUT2D eigenvalue weighted by molar-refractivity contribution is 9.10. The smallest absolute Gasteiger partial charge is 0.252 e. The Labute approximate surface area is 115 Å². The number of amides is 1. The van der Waals surface area contributed by atoms with Crippen molar-refractivity contribution in [3.05, 3.63) is 34.1 Å². The summed E-state index contributed by atoms with van der Waals surface area (Å²) in [6.07, 6.45) is 1.97. The second-order valence-corrected chi connectivity index (χ2v) is 5.24. The fourth-order valence-corrected chi connectivity index (χ4v) is 2.05. The van der Waals surface area contributed by atoms with Crippen LogP contribution in [0.5, 0.6) is 0 Å². The van der Waals surface area contributed by atoms with Crippen molar-refractivity contribution in [2.45, 2.75) is 12.8 Å². The molecule has 3 nitrogen and oxygen atoms in total. The van der Waals surface area contributed by atoms with Gasteiger partial charge in [0.1, 0.15) is 5.82 Å². The molecule has 1 N–H and O–H groups in total. The van der Waals surface area contributed by atoms with Crippen LogP contribution in [0.4, 0.5) is 4.39 Å². The highest BCUT2D eigenvalue weighted by Crippen LogP contribution is 2.17. The number of benzene rings is 1. The van der Waals surface area contributed by atoms with E-state index >= 15 is 0 Å². The van der Waals surface area contributed by atoms with Gasteiger partial charge in [0.25, 0.3) is 5.91 Å². The summed E-state index contributed by atoms with van der Waals surface area (Å²) >= 11 is 3.18. The Kier molecular flexibility index (Phi) is 6.29. The number of nitrogens with one attached hydrogen (secondary N) is 1. The van der Waals surface area contributed by atoms with Crippen LogP contribution in [0.1, 0.15) is 23.2 Å². The van der Waals surface area contributed by atoms with E-state index in [1.807, 2.05) is 14.1 Å². The summed E-state index contributed by atoms with van der Waals surface area (Å²) in [6.45, 7) is 1.65. The molecule has 0 aromatic heterocycles. The van der Waals surface area contributed by atoms with Crippen molar-refractivity contribution in [1.29, 1.82) is 0 Å². The molecule has 1 rings (SSSR count). The molecule has 0 fully saturated rings. The quantitative estimate of drug-likeness (QED) is 0.818. The first-order chi connectivity index (χ1) is 8.50. The molecule has 0 aliphatic carbocycles. The van der Waals surface area contributed by atoms with Gasteiger partial charge in [0.15, 0.2) is 0 Å². The van der Waals surface area contributed by atoms with Crippen molar-refractivity contribution in [2.75, 3.05) is 27.2 Å². The first-order valence-electron chi connectivity index (χ1n) is 5.88. The van der Waals surface area contributed by atoms with Crippen LogP contribution in [-0.2, 0) is 0 Å². The number of unbranched alkanes of at least 4 members (excludes halogenated alkanes) is 1. The second kappa shape index (κ2) is 7.48. The van der Waals surface area contributed by atoms with E-state index in [9.17, 15) is 9.18 Å². The largest absolute Gasteiger partial charge is 0.352 e. The van der Waals surface area contributed by atoms with Gasteiger partial charge in [0.2, 0.25) is 0 Å². The van der Waals surface area contributed by atoms with Crippen LogP contribution in [-0.4, -0.2) is 38.0 Å². The van der Waals surface area contributed by atoms with Crippen LogP contribution in [0.25, 0.3) is 0 Å². The van der Waals surface area contributed by atoms with Crippen LogP contribution >= 0.6 is 15.9 Å². The standard InChI is InChI=1S/C13H18BrFN2O/c1-17(2)8-4-3-7-16-13(18)11-6-5-10(15)9-12(11)14/h5-6,9H,3-4,7-8H2,1-2H3,(H,16,18). The third-order valence-electron chi connectivity index (χ3n) is 2.49. The predicted octanol–water partition coefficient (Wildman–Crippen LogP) is 2.66. The van der Waals surface area contributed by atoms with Crippen molar-refractivity contribution < 1.29 is 9.18 Å². The molecular weight excluding hydrogens is 299 g/mol. The summed E-state index contributed by atoms with van der Waals surface area (Å²) in [6, 6.07) is 4.06. The van der Waals surface area contributed by atoms with E-state index in [0.717, 1.165) is 19.4 Å². The summed E-state index contributed by atoms with van der Waals surface area (Å²) in [5, 5.41) is 2.82. The van der Waals surface area contributed by atoms with Crippen LogP contribution in [0.2, 0.25) is 0 Å². The predicted molar refractivity (Wildman–Crippen MR) is 74.2 cm³/mol. The highest BCUT2D eigenvalue weighted by atomic mass is 79.9. The summed E-state index contributed by atoms with van der Waals surface area (Å²) in [4.78, 5) is 13.9. The molecule has 1 aromatic rings. The number of halogens is 2. The molecular formula is C13H18BrFN2O. The minimum Gasteiger partial charge on any atom is -0.352 e. The van der Waals surface area contributed by atoms with Crippen molar-refractivity contribution in [2.24, 2.45) is 0 Å². The Hall–Kier alpha value is -0.940. The van der Waals surface area contributed by atoms with Crippen molar-refractivity contribution in [3.8, 4) is 0 Å². The molecule has 0 radical (unpaired) electrons. The molecule has 18 heavy (non-hydrogen) atoms. The topological polar surface area (TPSA) is 32.3 Å². The fraction of sp³-hybridized carbons (Fsp3) is 0.462. The first kappa shape index (κ1) is 15.1. The Morgan fingerprint density at radius 1 is 1.39 bits per heavy atom. The summed E-state index contributed by atoms with van der Waals surface area (Å²) in [7, 11) is 4.04. The van der Waals surface area contributed by atoms with Crippen molar-refractivity contribution in [1.82, 2.24) is 10.2 Å². The Morgan fingerprint density at radius 3 is 2.72 bits per heavy atom. The molecule has 1 amide bonds. The summed E-state index contributed by atoms with van der Waals surface area (Å²) in [5.41, 5.74) is 0.462. The molecule has 0 aliphatic rings. The Morgan fingerprint density at radius 2 is 2.11 bits per heavy atom. The molecule has 0 saturated heterocycles. The molecule has 0 atom stereocenters. The minimum absolute atomic E-state index is 0.174. The summed E-state index contributed by atoms with van der Waals surface area (Å²) < 4.78 is 13.4. The lowest BCUT2D eigenvalue weighted by Crippen LogP contribution is -2.25. The van der Waals surface area contributed by atoms with Gasteiger partial charge >= 0.3 is 0 Å². The number of nitrogens with zero attached hydrogens (tertiary/aromatic N) is 1. The van der Waals surface area contributed by atoms with Gasteiger partial charge in [-0.3, -0.25) is 4.79 Å². The minimum atomic E-state index is -0.357. The van der Waals surface area contributed by atoms with Gasteiger partial charge in [0.05, 0.1) is 5.56 Å². The molecule has 5 heteroatoms. The fourth-order valence-electron chi connectivity index (χ4n) is 1.52. The highest BCUT2D eigenvalue weighted by Gasteiger charge is 2.09. The number of carbonyl (C=O) groups excluding carboxylic acids is 1. The maximum atomic E-state index is 12.9. The third-order valence-corrected chi connectivity index (χ3v) is 3.15. The van der Waals surface area contributed by atoms with Crippen LogP contribution in [0.15, 0.2) is 22.7 Å². The second-order valence-electron chi connectivity index (χ2n) is 4.39. The van der Waals surface area contributed by atoms with Gasteiger partial charge in [-0.25, -0.2) is 4.39 Å². The zero-order chi connectivity index (χ0) is 13.5. The summed E-state index contributed by atoms with van der Waals surface area (Å²) in [5.74, 6) is -0.531. The zero-order valence-electron chi connectivity index (χ0n) is 10.7. The molecule has 0 heterocycles. The number of hydrogen-bond donors (Lipinski definition) is 1. The van der Waals surface area contributed by atoms with Gasteiger partial charge < -0.3 is 10.2 Å². The molecule has 0 unspecified atom stereocenters. The van der Waals surface area contributed by atoms with E-state index in [1.54, 1.807) is 0 Å². The maximum absolute atomic E-state index is 12.9. The van der Waals surface area contributed by atoms with E-state index in [4.69, 9.17) is 0 Å². The van der Waals surface area contributed by atoms with E-state index in [1.165, 1.54) is 18.2 Å². The lowest BCUT2D eigenvalue weighted by atomic mass is 10.2. The lowest BCUT2D eigenvalue weighted by Gasteiger charge is -2.10. The lowest BCUT2D eigenvalue weighted by molar-refractivity contribution is 0.0952. The average molecular weight is 317 g/mol. The van der Waals surface area contributed by atoms with Crippen LogP contribution in [0.3, 0.4) is 0 Å². The van der Waals surface area contributed by atoms with E-state index in [2.05, 4.69) is 26.1 Å². The Bertz CT molecular complexity index is 410. The van der Waals surface area contributed by atoms with Crippen LogP contribution < -0.4 is 5.32 Å². The Balaban J connectivity index is 2.36. The molecule has 0 spiro atoms. The van der Waals surface area contributed by atoms with Crippen molar-refractivity contribution >= 4 is 21.8 Å². The van der Waals surface area contributed by atoms with Gasteiger partial charge in [-0.1, -0.05) is 0 Å². The number of carbonyl (C=O) groups is 1. The van der Waals surface area contributed by atoms with Crippen LogP contribution in [0, 0.1) is 5.82 Å². The average Bonchev–Trinajstić information content (AvgIpc) is 2.27. The molecule has 0 aliphatic heterocycles. The van der Waals surface area contributed by atoms with Gasteiger partial charge in [0, 0.05) is 11.0 Å². The van der Waals surface area contributed by atoms with Crippen molar-refractivity contribution in [3.63, 3.8) is 0 Å². The number of hydrogen-bond acceptors (Lipinski definition) is 2. The normalized spacial score (nSPS) is 10.7. The van der Waals surface area contributed by atoms with E-state index in [-0.39, 0.29) is 11.7 Å². The van der Waals surface area contributed by atoms with Gasteiger partial charge in [-0.2, -0.15) is 0 Å². The van der Waals surface area contributed by atoms with E-state index < -0.39 is 0 Å².